The maximum absolute atomic E-state index is 3.80. The van der Waals surface area contributed by atoms with Gasteiger partial charge in [0, 0.05) is 25.1 Å². The maximum atomic E-state index is 3.80. The van der Waals surface area contributed by atoms with E-state index in [1.165, 1.54) is 47.8 Å². The van der Waals surface area contributed by atoms with Gasteiger partial charge in [0.15, 0.2) is 0 Å². The van der Waals surface area contributed by atoms with Gasteiger partial charge in [-0.1, -0.05) is 146 Å². The molecule has 5 rings (SSSR count). The van der Waals surface area contributed by atoms with Crippen molar-refractivity contribution in [3.63, 3.8) is 0 Å². The van der Waals surface area contributed by atoms with Gasteiger partial charge in [0.05, 0.1) is 0 Å². The highest BCUT2D eigenvalue weighted by Gasteiger charge is 2.20. The van der Waals surface area contributed by atoms with Crippen molar-refractivity contribution >= 4 is 54.7 Å². The first-order chi connectivity index (χ1) is 21.6. The molecular weight excluding hydrogens is 618 g/mol. The van der Waals surface area contributed by atoms with Crippen molar-refractivity contribution in [2.75, 3.05) is 5.32 Å². The van der Waals surface area contributed by atoms with Gasteiger partial charge in [0.25, 0.3) is 0 Å². The second kappa shape index (κ2) is 24.4. The van der Waals surface area contributed by atoms with E-state index in [0.29, 0.717) is 0 Å². The Hall–Kier alpha value is -2.88. The highest BCUT2D eigenvalue weighted by Crippen LogP contribution is 2.35. The second-order valence-electron chi connectivity index (χ2n) is 8.73. The summed E-state index contributed by atoms with van der Waals surface area (Å²) < 4.78 is 3.94. The van der Waals surface area contributed by atoms with Gasteiger partial charge in [0.2, 0.25) is 0 Å². The van der Waals surface area contributed by atoms with Crippen molar-refractivity contribution in [2.24, 2.45) is 0 Å². The van der Waals surface area contributed by atoms with Crippen LogP contribution in [0.3, 0.4) is 0 Å². The zero-order valence-electron chi connectivity index (χ0n) is 29.4. The number of thiophene rings is 1. The first-order valence-corrected chi connectivity index (χ1v) is 18.4. The Bertz CT molecular complexity index is 1510. The summed E-state index contributed by atoms with van der Waals surface area (Å²) in [6, 6.07) is 17.2. The van der Waals surface area contributed by atoms with Crippen molar-refractivity contribution in [2.45, 2.75) is 102 Å². The lowest BCUT2D eigenvalue weighted by Crippen LogP contribution is -2.26. The van der Waals surface area contributed by atoms with Gasteiger partial charge >= 0.3 is 0 Å². The van der Waals surface area contributed by atoms with E-state index in [1.807, 2.05) is 92.7 Å². The highest BCUT2D eigenvalue weighted by molar-refractivity contribution is 9.10. The van der Waals surface area contributed by atoms with Crippen molar-refractivity contribution in [1.29, 1.82) is 0 Å². The van der Waals surface area contributed by atoms with Gasteiger partial charge in [-0.05, 0) is 95.8 Å². The first-order valence-electron chi connectivity index (χ1n) is 16.8. The lowest BCUT2D eigenvalue weighted by Gasteiger charge is -2.24. The molecule has 3 heteroatoms. The number of nitrogens with one attached hydrogen (secondary N) is 1. The largest absolute Gasteiger partial charge is 0.358 e. The number of hydrogen-bond acceptors (Lipinski definition) is 2. The molecule has 0 unspecified atom stereocenters. The summed E-state index contributed by atoms with van der Waals surface area (Å²) in [7, 11) is 0. The summed E-state index contributed by atoms with van der Waals surface area (Å²) in [4.78, 5) is 0. The molecule has 0 atom stereocenters. The molecule has 0 fully saturated rings. The molecule has 0 amide bonds. The highest BCUT2D eigenvalue weighted by atomic mass is 79.9. The Kier molecular flexibility index (Phi) is 22.8. The van der Waals surface area contributed by atoms with E-state index < -0.39 is 0 Å². The van der Waals surface area contributed by atoms with Gasteiger partial charge in [-0.2, -0.15) is 0 Å². The minimum absolute atomic E-state index is 0.997. The van der Waals surface area contributed by atoms with Crippen LogP contribution in [0, 0.1) is 0 Å². The van der Waals surface area contributed by atoms with Crippen LogP contribution in [0.1, 0.15) is 102 Å². The van der Waals surface area contributed by atoms with E-state index in [-0.39, 0.29) is 0 Å². The van der Waals surface area contributed by atoms with Gasteiger partial charge in [-0.3, -0.25) is 0 Å². The molecule has 1 nitrogen and oxygen atoms in total. The fourth-order valence-electron chi connectivity index (χ4n) is 4.83. The summed E-state index contributed by atoms with van der Waals surface area (Å²) in [6.45, 7) is 26.0. The normalized spacial score (nSPS) is 13.4. The van der Waals surface area contributed by atoms with E-state index in [4.69, 9.17) is 0 Å². The van der Waals surface area contributed by atoms with E-state index in [2.05, 4.69) is 108 Å². The number of halogens is 1. The summed E-state index contributed by atoms with van der Waals surface area (Å²) in [6.07, 6.45) is 17.2. The smallest absolute Gasteiger partial charge is 0.0393 e. The molecule has 2 aromatic carbocycles. The van der Waals surface area contributed by atoms with Crippen LogP contribution in [0.15, 0.2) is 112 Å². The first kappa shape index (κ1) is 41.1. The van der Waals surface area contributed by atoms with Crippen LogP contribution in [-0.4, -0.2) is 0 Å². The van der Waals surface area contributed by atoms with Crippen molar-refractivity contribution in [3.8, 4) is 0 Å². The minimum atomic E-state index is 0.997. The molecule has 0 aliphatic heterocycles. The van der Waals surface area contributed by atoms with Crippen LogP contribution in [-0.2, 0) is 0 Å². The van der Waals surface area contributed by atoms with Gasteiger partial charge in [0.1, 0.15) is 0 Å². The Labute approximate surface area is 282 Å². The summed E-state index contributed by atoms with van der Waals surface area (Å²) in [5, 5.41) is 6.55. The Balaban J connectivity index is 0.00000169. The fourth-order valence-corrected chi connectivity index (χ4v) is 6.54. The van der Waals surface area contributed by atoms with Crippen molar-refractivity contribution in [1.82, 2.24) is 0 Å². The Morgan fingerprint density at radius 2 is 1.52 bits per heavy atom. The zero-order valence-corrected chi connectivity index (χ0v) is 31.8. The molecule has 0 saturated heterocycles. The van der Waals surface area contributed by atoms with Crippen molar-refractivity contribution in [3.05, 3.63) is 122 Å². The molecule has 1 heterocycles. The summed E-state index contributed by atoms with van der Waals surface area (Å²) in [5.41, 5.74) is 7.96. The van der Waals surface area contributed by atoms with Crippen LogP contribution < -0.4 is 15.1 Å². The SMILES string of the molecule is C=C/C=C\C=C(/C)C1=C(Nc2cccc(Br)c2)CCC(C2=c3sc4ccccc4c3=CCC2)=C1.CC.CC.CC.CC.CC. The number of benzene rings is 2. The molecule has 240 valence electrons. The third-order valence-corrected chi connectivity index (χ3v) is 8.20. The fraction of sp³-hybridized carbons (Fsp3) is 0.366. The Morgan fingerprint density at radius 3 is 2.18 bits per heavy atom. The lowest BCUT2D eigenvalue weighted by molar-refractivity contribution is 0.902. The molecule has 0 radical (unpaired) electrons. The average Bonchev–Trinajstić information content (AvgIpc) is 3.49. The quantitative estimate of drug-likeness (QED) is 0.256. The standard InChI is InChI=1S/C31H28BrNS.5C2H6/c1-3-4-5-10-21(2)28-19-22(17-18-29(28)33-24-12-8-11-23(32)20-24)25-14-9-15-27-26-13-6-7-16-30(26)34-31(25)27;5*1-2/h3-8,10-13,15-16,19-20,33H,1,9,14,17-18H2,2H3;5*1-2H3/b5-4-,21-10+;;;;;. The minimum Gasteiger partial charge on any atom is -0.358 e. The number of anilines is 1. The third kappa shape index (κ3) is 11.6. The van der Waals surface area contributed by atoms with E-state index in [0.717, 1.165) is 35.8 Å². The molecule has 1 N–H and O–H groups in total. The van der Waals surface area contributed by atoms with Crippen LogP contribution in [0.5, 0.6) is 0 Å². The average molecular weight is 677 g/mol. The van der Waals surface area contributed by atoms with Crippen LogP contribution >= 0.6 is 27.3 Å². The third-order valence-electron chi connectivity index (χ3n) is 6.46. The molecule has 0 bridgehead atoms. The summed E-state index contributed by atoms with van der Waals surface area (Å²) in [5.74, 6) is 0. The predicted octanol–water partition coefficient (Wildman–Crippen LogP) is 13.3. The second-order valence-corrected chi connectivity index (χ2v) is 10.7. The molecule has 44 heavy (non-hydrogen) atoms. The molecule has 1 aromatic heterocycles. The van der Waals surface area contributed by atoms with E-state index in [1.54, 1.807) is 0 Å². The number of hydrogen-bond donors (Lipinski definition) is 1. The number of allylic oxidation sites excluding steroid dienone is 9. The molecular formula is C41H58BrNS. The predicted molar refractivity (Wildman–Crippen MR) is 210 cm³/mol. The van der Waals surface area contributed by atoms with Crippen LogP contribution in [0.2, 0.25) is 0 Å². The number of fused-ring (bicyclic) bond motifs is 3. The molecule has 2 aliphatic rings. The van der Waals surface area contributed by atoms with Gasteiger partial charge < -0.3 is 5.32 Å². The molecule has 2 aliphatic carbocycles. The molecule has 0 saturated carbocycles. The van der Waals surface area contributed by atoms with Crippen LogP contribution in [0.4, 0.5) is 5.69 Å². The molecule has 3 aromatic rings. The number of rotatable bonds is 6. The summed E-state index contributed by atoms with van der Waals surface area (Å²) >= 11 is 5.55. The van der Waals surface area contributed by atoms with E-state index >= 15 is 0 Å². The topological polar surface area (TPSA) is 12.0 Å². The van der Waals surface area contributed by atoms with Gasteiger partial charge in [-0.25, -0.2) is 0 Å². The van der Waals surface area contributed by atoms with Crippen LogP contribution in [0.25, 0.3) is 21.7 Å². The van der Waals surface area contributed by atoms with Gasteiger partial charge in [-0.15, -0.1) is 11.3 Å². The van der Waals surface area contributed by atoms with Crippen molar-refractivity contribution < 1.29 is 0 Å². The van der Waals surface area contributed by atoms with E-state index in [9.17, 15) is 0 Å². The Morgan fingerprint density at radius 1 is 0.841 bits per heavy atom. The molecule has 0 spiro atoms. The lowest BCUT2D eigenvalue weighted by atomic mass is 9.86. The monoisotopic (exact) mass is 675 g/mol. The zero-order chi connectivity index (χ0) is 33.5. The maximum Gasteiger partial charge on any atom is 0.0393 e.